The summed E-state index contributed by atoms with van der Waals surface area (Å²) in [7, 11) is 1.26. The van der Waals surface area contributed by atoms with Crippen molar-refractivity contribution < 1.29 is 23.9 Å². The minimum absolute atomic E-state index is 0.0185. The number of rotatable bonds is 5. The summed E-state index contributed by atoms with van der Waals surface area (Å²) in [4.78, 5) is 35.9. The van der Waals surface area contributed by atoms with E-state index >= 15 is 0 Å². The lowest BCUT2D eigenvalue weighted by atomic mass is 9.87. The molecule has 0 spiro atoms. The van der Waals surface area contributed by atoms with Crippen molar-refractivity contribution in [3.63, 3.8) is 0 Å². The van der Waals surface area contributed by atoms with Crippen molar-refractivity contribution in [2.75, 3.05) is 19.0 Å². The second kappa shape index (κ2) is 8.49. The van der Waals surface area contributed by atoms with Gasteiger partial charge < -0.3 is 14.8 Å². The molecule has 1 amide bonds. The topological polar surface area (TPSA) is 81.7 Å². The Balaban J connectivity index is 1.96. The van der Waals surface area contributed by atoms with Gasteiger partial charge in [-0.1, -0.05) is 45.0 Å². The molecule has 0 aliphatic carbocycles. The van der Waals surface area contributed by atoms with Crippen LogP contribution in [0, 0.1) is 0 Å². The molecule has 0 aliphatic rings. The molecular formula is C21H23NO5. The molecule has 2 rings (SSSR count). The van der Waals surface area contributed by atoms with Crippen molar-refractivity contribution in [3.8, 4) is 0 Å². The Morgan fingerprint density at radius 3 is 2.15 bits per heavy atom. The van der Waals surface area contributed by atoms with E-state index < -0.39 is 24.5 Å². The maximum atomic E-state index is 12.1. The predicted molar refractivity (Wildman–Crippen MR) is 102 cm³/mol. The van der Waals surface area contributed by atoms with Crippen molar-refractivity contribution in [1.82, 2.24) is 0 Å². The van der Waals surface area contributed by atoms with Gasteiger partial charge in [0.1, 0.15) is 0 Å². The van der Waals surface area contributed by atoms with Crippen LogP contribution < -0.4 is 5.32 Å². The van der Waals surface area contributed by atoms with Crippen LogP contribution in [-0.2, 0) is 19.7 Å². The molecule has 1 N–H and O–H groups in total. The van der Waals surface area contributed by atoms with E-state index in [-0.39, 0.29) is 11.0 Å². The van der Waals surface area contributed by atoms with Gasteiger partial charge >= 0.3 is 11.9 Å². The van der Waals surface area contributed by atoms with Gasteiger partial charge in [-0.15, -0.1) is 0 Å². The first kappa shape index (κ1) is 20.2. The molecule has 2 aromatic rings. The third-order valence-electron chi connectivity index (χ3n) is 3.93. The number of hydrogen-bond donors (Lipinski definition) is 1. The molecular weight excluding hydrogens is 346 g/mol. The molecule has 0 aromatic heterocycles. The summed E-state index contributed by atoms with van der Waals surface area (Å²) in [6.07, 6.45) is 0. The van der Waals surface area contributed by atoms with Gasteiger partial charge in [0.15, 0.2) is 6.61 Å². The predicted octanol–water partition coefficient (Wildman–Crippen LogP) is 3.57. The van der Waals surface area contributed by atoms with E-state index in [9.17, 15) is 14.4 Å². The van der Waals surface area contributed by atoms with Crippen molar-refractivity contribution in [1.29, 1.82) is 0 Å². The number of carbonyl (C=O) groups is 3. The maximum absolute atomic E-state index is 12.1. The molecule has 0 unspecified atom stereocenters. The SMILES string of the molecule is COC(=O)c1ccccc1NC(=O)COC(=O)c1ccc(C(C)(C)C)cc1. The highest BCUT2D eigenvalue weighted by molar-refractivity contribution is 6.02. The highest BCUT2D eigenvalue weighted by Crippen LogP contribution is 2.22. The van der Waals surface area contributed by atoms with Crippen molar-refractivity contribution in [2.24, 2.45) is 0 Å². The normalized spacial score (nSPS) is 10.8. The van der Waals surface area contributed by atoms with Crippen LogP contribution >= 0.6 is 0 Å². The molecule has 0 bridgehead atoms. The minimum atomic E-state index is -0.591. The van der Waals surface area contributed by atoms with E-state index in [2.05, 4.69) is 30.8 Å². The molecule has 0 radical (unpaired) electrons. The van der Waals surface area contributed by atoms with E-state index in [1.165, 1.54) is 13.2 Å². The first-order valence-electron chi connectivity index (χ1n) is 8.47. The summed E-state index contributed by atoms with van der Waals surface area (Å²) in [5.41, 5.74) is 1.95. The second-order valence-electron chi connectivity index (χ2n) is 6.99. The fraction of sp³-hybridized carbons (Fsp3) is 0.286. The standard InChI is InChI=1S/C21H23NO5/c1-21(2,3)15-11-9-14(10-12-15)19(24)27-13-18(23)22-17-8-6-5-7-16(17)20(25)26-4/h5-12H,13H2,1-4H3,(H,22,23). The molecule has 0 atom stereocenters. The number of amides is 1. The summed E-state index contributed by atoms with van der Waals surface area (Å²) < 4.78 is 9.72. The van der Waals surface area contributed by atoms with Crippen LogP contribution in [0.4, 0.5) is 5.69 Å². The zero-order valence-electron chi connectivity index (χ0n) is 15.9. The number of esters is 2. The summed E-state index contributed by atoms with van der Waals surface area (Å²) in [6.45, 7) is 5.78. The number of ether oxygens (including phenoxy) is 2. The lowest BCUT2D eigenvalue weighted by molar-refractivity contribution is -0.119. The molecule has 0 saturated carbocycles. The fourth-order valence-corrected chi connectivity index (χ4v) is 2.39. The third-order valence-corrected chi connectivity index (χ3v) is 3.93. The van der Waals surface area contributed by atoms with Gasteiger partial charge in [-0.3, -0.25) is 4.79 Å². The summed E-state index contributed by atoms with van der Waals surface area (Å²) in [5, 5.41) is 2.54. The Kier molecular flexibility index (Phi) is 6.34. The zero-order chi connectivity index (χ0) is 20.0. The minimum Gasteiger partial charge on any atom is -0.465 e. The van der Waals surface area contributed by atoms with Gasteiger partial charge in [-0.2, -0.15) is 0 Å². The fourth-order valence-electron chi connectivity index (χ4n) is 2.39. The van der Waals surface area contributed by atoms with E-state index in [1.807, 2.05) is 12.1 Å². The average Bonchev–Trinajstić information content (AvgIpc) is 2.65. The Bertz CT molecular complexity index is 834. The molecule has 0 fully saturated rings. The number of anilines is 1. The van der Waals surface area contributed by atoms with Crippen molar-refractivity contribution in [3.05, 3.63) is 65.2 Å². The number of benzene rings is 2. The van der Waals surface area contributed by atoms with Crippen LogP contribution in [0.2, 0.25) is 0 Å². The van der Waals surface area contributed by atoms with Crippen LogP contribution in [0.3, 0.4) is 0 Å². The van der Waals surface area contributed by atoms with Gasteiger partial charge in [0, 0.05) is 0 Å². The zero-order valence-corrected chi connectivity index (χ0v) is 15.9. The molecule has 2 aromatic carbocycles. The van der Waals surface area contributed by atoms with Gasteiger partial charge in [0.25, 0.3) is 5.91 Å². The summed E-state index contributed by atoms with van der Waals surface area (Å²) >= 11 is 0. The summed E-state index contributed by atoms with van der Waals surface area (Å²) in [5.74, 6) is -1.71. The van der Waals surface area contributed by atoms with Gasteiger partial charge in [-0.05, 0) is 35.2 Å². The Hall–Kier alpha value is -3.15. The van der Waals surface area contributed by atoms with E-state index in [0.717, 1.165) is 5.56 Å². The first-order valence-corrected chi connectivity index (χ1v) is 8.47. The van der Waals surface area contributed by atoms with Crippen LogP contribution in [0.25, 0.3) is 0 Å². The lowest BCUT2D eigenvalue weighted by Gasteiger charge is -2.18. The summed E-state index contributed by atoms with van der Waals surface area (Å²) in [6, 6.07) is 13.5. The molecule has 0 aliphatic heterocycles. The van der Waals surface area contributed by atoms with Gasteiger partial charge in [0.05, 0.1) is 23.9 Å². The first-order chi connectivity index (χ1) is 12.7. The lowest BCUT2D eigenvalue weighted by Crippen LogP contribution is -2.22. The molecule has 0 heterocycles. The highest BCUT2D eigenvalue weighted by atomic mass is 16.5. The van der Waals surface area contributed by atoms with Crippen molar-refractivity contribution >= 4 is 23.5 Å². The number of nitrogens with one attached hydrogen (secondary N) is 1. The van der Waals surface area contributed by atoms with Crippen LogP contribution in [-0.4, -0.2) is 31.6 Å². The molecule has 142 valence electrons. The average molecular weight is 369 g/mol. The Morgan fingerprint density at radius 1 is 0.926 bits per heavy atom. The van der Waals surface area contributed by atoms with E-state index in [4.69, 9.17) is 4.74 Å². The second-order valence-corrected chi connectivity index (χ2v) is 6.99. The van der Waals surface area contributed by atoms with Crippen LogP contribution in [0.15, 0.2) is 48.5 Å². The molecule has 6 heteroatoms. The van der Waals surface area contributed by atoms with Crippen molar-refractivity contribution in [2.45, 2.75) is 26.2 Å². The van der Waals surface area contributed by atoms with E-state index in [1.54, 1.807) is 30.3 Å². The Morgan fingerprint density at radius 2 is 1.56 bits per heavy atom. The highest BCUT2D eigenvalue weighted by Gasteiger charge is 2.17. The number of para-hydroxylation sites is 1. The monoisotopic (exact) mass is 369 g/mol. The van der Waals surface area contributed by atoms with Gasteiger partial charge in [-0.25, -0.2) is 9.59 Å². The maximum Gasteiger partial charge on any atom is 0.339 e. The van der Waals surface area contributed by atoms with Gasteiger partial charge in [0.2, 0.25) is 0 Å². The Labute approximate surface area is 158 Å². The van der Waals surface area contributed by atoms with E-state index in [0.29, 0.717) is 11.3 Å². The number of hydrogen-bond acceptors (Lipinski definition) is 5. The smallest absolute Gasteiger partial charge is 0.339 e. The van der Waals surface area contributed by atoms with Crippen LogP contribution in [0.1, 0.15) is 47.1 Å². The molecule has 27 heavy (non-hydrogen) atoms. The third kappa shape index (κ3) is 5.41. The quantitative estimate of drug-likeness (QED) is 0.815. The largest absolute Gasteiger partial charge is 0.465 e. The number of carbonyl (C=O) groups excluding carboxylic acids is 3. The molecule has 0 saturated heterocycles. The van der Waals surface area contributed by atoms with Crippen LogP contribution in [0.5, 0.6) is 0 Å². The molecule has 6 nitrogen and oxygen atoms in total. The number of methoxy groups -OCH3 is 1.